The lowest BCUT2D eigenvalue weighted by molar-refractivity contribution is 1.51. The van der Waals surface area contributed by atoms with Crippen LogP contribution in [0.15, 0.2) is 47.5 Å². The zero-order chi connectivity index (χ0) is 10.1. The number of fused-ring (bicyclic) bond motifs is 2. The first kappa shape index (κ1) is 8.24. The van der Waals surface area contributed by atoms with E-state index in [9.17, 15) is 0 Å². The van der Waals surface area contributed by atoms with Crippen LogP contribution in [0.3, 0.4) is 0 Å². The number of hydrogen-bond donors (Lipinski definition) is 1. The Morgan fingerprint density at radius 3 is 2.87 bits per heavy atom. The van der Waals surface area contributed by atoms with Gasteiger partial charge in [-0.25, -0.2) is 0 Å². The Morgan fingerprint density at radius 2 is 1.87 bits per heavy atom. The van der Waals surface area contributed by atoms with Crippen LogP contribution in [0.4, 0.5) is 17.1 Å². The first-order valence-electron chi connectivity index (χ1n) is 4.84. The minimum absolute atomic E-state index is 0.960. The summed E-state index contributed by atoms with van der Waals surface area (Å²) in [6.45, 7) is 0. The highest BCUT2D eigenvalue weighted by molar-refractivity contribution is 5.94. The average molecular weight is 193 g/mol. The fourth-order valence-electron chi connectivity index (χ4n) is 1.64. The van der Waals surface area contributed by atoms with Crippen LogP contribution in [0, 0.1) is 6.07 Å². The molecule has 3 rings (SSSR count). The van der Waals surface area contributed by atoms with Crippen LogP contribution in [0.2, 0.25) is 0 Å². The summed E-state index contributed by atoms with van der Waals surface area (Å²) >= 11 is 0. The summed E-state index contributed by atoms with van der Waals surface area (Å²) in [5, 5.41) is 3.35. The molecule has 0 fully saturated rings. The van der Waals surface area contributed by atoms with Crippen LogP contribution in [0.1, 0.15) is 5.56 Å². The van der Waals surface area contributed by atoms with Gasteiger partial charge < -0.3 is 5.32 Å². The van der Waals surface area contributed by atoms with Gasteiger partial charge in [-0.3, -0.25) is 4.99 Å². The number of benzene rings is 2. The topological polar surface area (TPSA) is 24.4 Å². The molecule has 1 aliphatic heterocycles. The first-order chi connectivity index (χ1) is 7.43. The maximum Gasteiger partial charge on any atom is 0.0864 e. The van der Waals surface area contributed by atoms with Crippen molar-refractivity contribution in [1.29, 1.82) is 0 Å². The highest BCUT2D eigenvalue weighted by Gasteiger charge is 2.07. The fraction of sp³-hybridized carbons (Fsp3) is 0. The molecule has 2 heteroatoms. The molecule has 1 heterocycles. The zero-order valence-electron chi connectivity index (χ0n) is 8.07. The van der Waals surface area contributed by atoms with Crippen molar-refractivity contribution in [3.8, 4) is 0 Å². The quantitative estimate of drug-likeness (QED) is 0.582. The summed E-state index contributed by atoms with van der Waals surface area (Å²) in [5.41, 5.74) is 4.04. The van der Waals surface area contributed by atoms with E-state index in [4.69, 9.17) is 0 Å². The molecule has 2 nitrogen and oxygen atoms in total. The summed E-state index contributed by atoms with van der Waals surface area (Å²) in [6, 6.07) is 17.0. The Bertz CT molecular complexity index is 482. The number of rotatable bonds is 0. The number of aliphatic imine (C=N–C) groups is 1. The Hall–Kier alpha value is -2.09. The third-order valence-corrected chi connectivity index (χ3v) is 2.39. The number of para-hydroxylation sites is 2. The van der Waals surface area contributed by atoms with Crippen LogP contribution in [-0.4, -0.2) is 6.21 Å². The Labute approximate surface area is 88.3 Å². The Morgan fingerprint density at radius 1 is 1.00 bits per heavy atom. The predicted octanol–water partition coefficient (Wildman–Crippen LogP) is 3.29. The maximum absolute atomic E-state index is 4.41. The fourth-order valence-corrected chi connectivity index (χ4v) is 1.64. The SMILES string of the molecule is [c]1cccc2c1C=Nc1ccccc1N2. The third kappa shape index (κ3) is 1.40. The zero-order valence-corrected chi connectivity index (χ0v) is 8.07. The monoisotopic (exact) mass is 193 g/mol. The second-order valence-electron chi connectivity index (χ2n) is 3.40. The van der Waals surface area contributed by atoms with Crippen molar-refractivity contribution in [1.82, 2.24) is 0 Å². The van der Waals surface area contributed by atoms with E-state index in [1.54, 1.807) is 0 Å². The molecule has 0 aromatic heterocycles. The van der Waals surface area contributed by atoms with E-state index in [0.717, 1.165) is 22.6 Å². The second-order valence-corrected chi connectivity index (χ2v) is 3.40. The van der Waals surface area contributed by atoms with Crippen LogP contribution in [0.5, 0.6) is 0 Å². The van der Waals surface area contributed by atoms with E-state index in [2.05, 4.69) is 16.4 Å². The van der Waals surface area contributed by atoms with E-state index >= 15 is 0 Å². The Kier molecular flexibility index (Phi) is 1.78. The normalized spacial score (nSPS) is 12.3. The molecular formula is C13H9N2. The summed E-state index contributed by atoms with van der Waals surface area (Å²) in [5.74, 6) is 0. The lowest BCUT2D eigenvalue weighted by Gasteiger charge is -2.07. The summed E-state index contributed by atoms with van der Waals surface area (Å²) in [4.78, 5) is 4.41. The van der Waals surface area contributed by atoms with Gasteiger partial charge in [0.15, 0.2) is 0 Å². The molecule has 0 saturated carbocycles. The van der Waals surface area contributed by atoms with Gasteiger partial charge in [0.2, 0.25) is 0 Å². The molecule has 1 aliphatic rings. The van der Waals surface area contributed by atoms with Crippen molar-refractivity contribution in [3.63, 3.8) is 0 Å². The van der Waals surface area contributed by atoms with E-state index in [-0.39, 0.29) is 0 Å². The van der Waals surface area contributed by atoms with E-state index in [1.807, 2.05) is 48.7 Å². The van der Waals surface area contributed by atoms with Crippen molar-refractivity contribution in [2.75, 3.05) is 5.32 Å². The minimum atomic E-state index is 0.960. The van der Waals surface area contributed by atoms with Gasteiger partial charge in [-0.1, -0.05) is 24.3 Å². The van der Waals surface area contributed by atoms with Gasteiger partial charge in [0.1, 0.15) is 0 Å². The number of nitrogens with zero attached hydrogens (tertiary/aromatic N) is 1. The molecule has 2 aromatic rings. The van der Waals surface area contributed by atoms with Gasteiger partial charge in [-0.05, 0) is 24.3 Å². The third-order valence-electron chi connectivity index (χ3n) is 2.39. The van der Waals surface area contributed by atoms with Crippen molar-refractivity contribution < 1.29 is 0 Å². The predicted molar refractivity (Wildman–Crippen MR) is 62.3 cm³/mol. The van der Waals surface area contributed by atoms with Gasteiger partial charge in [-0.2, -0.15) is 0 Å². The van der Waals surface area contributed by atoms with Crippen LogP contribution in [0.25, 0.3) is 0 Å². The molecule has 0 spiro atoms. The molecule has 0 amide bonds. The van der Waals surface area contributed by atoms with Crippen LogP contribution in [-0.2, 0) is 0 Å². The van der Waals surface area contributed by atoms with Crippen molar-refractivity contribution >= 4 is 23.3 Å². The smallest absolute Gasteiger partial charge is 0.0864 e. The molecule has 0 unspecified atom stereocenters. The Balaban J connectivity index is 2.19. The molecule has 0 saturated heterocycles. The summed E-state index contributed by atoms with van der Waals surface area (Å²) in [6.07, 6.45) is 1.84. The average Bonchev–Trinajstić information content (AvgIpc) is 2.48. The van der Waals surface area contributed by atoms with Gasteiger partial charge in [0.05, 0.1) is 11.4 Å². The highest BCUT2D eigenvalue weighted by atomic mass is 14.9. The van der Waals surface area contributed by atoms with Crippen molar-refractivity contribution in [2.45, 2.75) is 0 Å². The largest absolute Gasteiger partial charge is 0.353 e. The molecular weight excluding hydrogens is 184 g/mol. The summed E-state index contributed by atoms with van der Waals surface area (Å²) < 4.78 is 0. The van der Waals surface area contributed by atoms with Crippen LogP contribution < -0.4 is 5.32 Å². The van der Waals surface area contributed by atoms with E-state index in [1.165, 1.54) is 0 Å². The molecule has 0 atom stereocenters. The van der Waals surface area contributed by atoms with Gasteiger partial charge in [0.25, 0.3) is 0 Å². The molecule has 71 valence electrons. The number of nitrogens with one attached hydrogen (secondary N) is 1. The standard InChI is InChI=1S/C13H9N2/c1-2-6-11-10(5-1)9-14-12-7-3-4-8-13(12)15-11/h1-4,6-9,15H. The van der Waals surface area contributed by atoms with Crippen molar-refractivity contribution in [2.24, 2.45) is 4.99 Å². The van der Waals surface area contributed by atoms with Gasteiger partial charge in [-0.15, -0.1) is 0 Å². The van der Waals surface area contributed by atoms with Gasteiger partial charge >= 0.3 is 0 Å². The molecule has 2 aromatic carbocycles. The second kappa shape index (κ2) is 3.24. The minimum Gasteiger partial charge on any atom is -0.353 e. The van der Waals surface area contributed by atoms with Gasteiger partial charge in [0, 0.05) is 17.5 Å². The lowest BCUT2D eigenvalue weighted by atomic mass is 10.2. The maximum atomic E-state index is 4.41. The van der Waals surface area contributed by atoms with Crippen molar-refractivity contribution in [3.05, 3.63) is 54.1 Å². The molecule has 15 heavy (non-hydrogen) atoms. The molecule has 1 N–H and O–H groups in total. The number of anilines is 2. The molecule has 0 aliphatic carbocycles. The first-order valence-corrected chi connectivity index (χ1v) is 4.84. The lowest BCUT2D eigenvalue weighted by Crippen LogP contribution is -1.92. The molecule has 0 bridgehead atoms. The summed E-state index contributed by atoms with van der Waals surface area (Å²) in [7, 11) is 0. The number of hydrogen-bond acceptors (Lipinski definition) is 2. The van der Waals surface area contributed by atoms with E-state index in [0.29, 0.717) is 0 Å². The van der Waals surface area contributed by atoms with Crippen LogP contribution >= 0.6 is 0 Å². The molecule has 1 radical (unpaired) electrons. The van der Waals surface area contributed by atoms with E-state index < -0.39 is 0 Å². The highest BCUT2D eigenvalue weighted by Crippen LogP contribution is 2.31.